The van der Waals surface area contributed by atoms with Crippen LogP contribution >= 0.6 is 11.3 Å². The average Bonchev–Trinajstić information content (AvgIpc) is 4.11. The molecule has 3 fully saturated rings. The third-order valence-corrected chi connectivity index (χ3v) is 16.6. The molecule has 7 N–H and O–H groups in total. The number of piperidine rings is 1. The van der Waals surface area contributed by atoms with Crippen LogP contribution in [0, 0.1) is 18.3 Å². The highest BCUT2D eigenvalue weighted by atomic mass is 32.1. The number of aromatic hydroxyl groups is 1. The lowest BCUT2D eigenvalue weighted by Crippen LogP contribution is -2.58. The fourth-order valence-electron chi connectivity index (χ4n) is 11.5. The lowest BCUT2D eigenvalue weighted by Gasteiger charge is -2.41. The van der Waals surface area contributed by atoms with E-state index in [0.29, 0.717) is 12.0 Å². The summed E-state index contributed by atoms with van der Waals surface area (Å²) in [5, 5.41) is 27.4. The summed E-state index contributed by atoms with van der Waals surface area (Å²) in [5.41, 5.74) is 16.8. The lowest BCUT2D eigenvalue weighted by atomic mass is 9.81. The minimum atomic E-state index is -0.858. The van der Waals surface area contributed by atoms with Gasteiger partial charge in [0.1, 0.15) is 23.7 Å². The number of aromatic nitrogens is 4. The van der Waals surface area contributed by atoms with Crippen molar-refractivity contribution in [1.29, 1.82) is 0 Å². The van der Waals surface area contributed by atoms with Gasteiger partial charge in [0.05, 0.1) is 33.9 Å². The van der Waals surface area contributed by atoms with Gasteiger partial charge in [0.15, 0.2) is 0 Å². The standard InChI is InChI=1S/C54H67N11O5S/c1-31-47(71-30-57-31)35-12-10-33(11-13-35)28-56-51(69)44-26-38(66)29-65(44)52(70)48(54(3,4)5)60-50(68)36-14-16-37(17-15-36)63-23-19-34(20-24-63)41-18-22-55-53(59-41)64-25-21-42-46(32(64)2)40-27-43(61-62-49(40)58-42)39-8-6-7-9-45(39)67/h6-13,18,22,27,30,32,34,36-38,44,48,58,61-62,66-67H,14-17,19-21,23-26,28-29H2,1-5H3,(H,56,69)(H,60,68)/t32-,36?,37?,38+,44-,48+/m0/s1. The molecular weight excluding hydrogens is 915 g/mol. The van der Waals surface area contributed by atoms with Crippen LogP contribution in [0.25, 0.3) is 22.2 Å². The van der Waals surface area contributed by atoms with Gasteiger partial charge in [-0.2, -0.15) is 0 Å². The SMILES string of the molecule is Cc1ncsc1-c1ccc(CNC(=O)[C@@H]2C[C@@H](O)CN2C(=O)[C@@H](NC(=O)C2CCC(N3CCC(c4ccnc(N5CCc6[nH]c7c(c6[C@@H]5C)C=C(c5ccccc5O)NN7)n4)CC3)CC2)C(C)(C)C)cc1. The first kappa shape index (κ1) is 48.3. The summed E-state index contributed by atoms with van der Waals surface area (Å²) in [4.78, 5) is 67.4. The summed E-state index contributed by atoms with van der Waals surface area (Å²) in [7, 11) is 0. The van der Waals surface area contributed by atoms with Gasteiger partial charge in [-0.25, -0.2) is 15.0 Å². The van der Waals surface area contributed by atoms with Gasteiger partial charge in [-0.15, -0.1) is 11.3 Å². The summed E-state index contributed by atoms with van der Waals surface area (Å²) >= 11 is 1.59. The minimum absolute atomic E-state index is 0.0275. The van der Waals surface area contributed by atoms with Crippen LogP contribution in [0.4, 0.5) is 11.8 Å². The Morgan fingerprint density at radius 3 is 2.41 bits per heavy atom. The van der Waals surface area contributed by atoms with Crippen LogP contribution in [-0.2, 0) is 27.3 Å². The Morgan fingerprint density at radius 1 is 0.930 bits per heavy atom. The number of aromatic amines is 1. The Bertz CT molecular complexity index is 2790. The first-order chi connectivity index (χ1) is 34.2. The Morgan fingerprint density at radius 2 is 1.69 bits per heavy atom. The maximum atomic E-state index is 14.4. The second-order valence-electron chi connectivity index (χ2n) is 21.2. The number of phenolic OH excluding ortho intramolecular Hbond substituents is 1. The van der Waals surface area contributed by atoms with Gasteiger partial charge in [0.25, 0.3) is 0 Å². The van der Waals surface area contributed by atoms with Gasteiger partial charge in [0, 0.05) is 84.6 Å². The number of carbonyl (C=O) groups excluding carboxylic acids is 3. The van der Waals surface area contributed by atoms with Crippen molar-refractivity contribution in [2.45, 2.75) is 129 Å². The van der Waals surface area contributed by atoms with Gasteiger partial charge in [-0.05, 0) is 106 Å². The molecule has 4 aliphatic heterocycles. The Hall–Kier alpha value is -6.30. The summed E-state index contributed by atoms with van der Waals surface area (Å²) in [6.07, 6.45) is 9.45. The quantitative estimate of drug-likeness (QED) is 0.0713. The number of H-pyrrole nitrogens is 1. The second-order valence-corrected chi connectivity index (χ2v) is 22.1. The molecule has 5 aliphatic rings. The van der Waals surface area contributed by atoms with Gasteiger partial charge < -0.3 is 40.5 Å². The van der Waals surface area contributed by atoms with E-state index < -0.39 is 23.6 Å². The van der Waals surface area contributed by atoms with E-state index in [0.717, 1.165) is 121 Å². The Balaban J connectivity index is 0.712. The van der Waals surface area contributed by atoms with Crippen LogP contribution in [0.3, 0.4) is 0 Å². The molecule has 0 bridgehead atoms. The van der Waals surface area contributed by atoms with Crippen LogP contribution in [0.5, 0.6) is 5.75 Å². The summed E-state index contributed by atoms with van der Waals surface area (Å²) < 4.78 is 0. The van der Waals surface area contributed by atoms with E-state index in [-0.39, 0.29) is 54.9 Å². The molecule has 2 aromatic carbocycles. The first-order valence-corrected chi connectivity index (χ1v) is 26.2. The number of β-amino-alcohol motifs (C(OH)–C–C–N with tert-alkyl or cyclic N) is 1. The normalized spacial score (nSPS) is 23.2. The third kappa shape index (κ3) is 10.0. The van der Waals surface area contributed by atoms with Crippen molar-refractivity contribution in [2.75, 3.05) is 36.5 Å². The number of benzene rings is 2. The molecule has 71 heavy (non-hydrogen) atoms. The van der Waals surface area contributed by atoms with Gasteiger partial charge in [-0.1, -0.05) is 57.2 Å². The fourth-order valence-corrected chi connectivity index (χ4v) is 12.4. The number of aliphatic hydroxyl groups excluding tert-OH is 1. The number of fused-ring (bicyclic) bond motifs is 3. The number of amides is 3. The van der Waals surface area contributed by atoms with Crippen molar-refractivity contribution in [3.05, 3.63) is 106 Å². The monoisotopic (exact) mass is 982 g/mol. The molecule has 3 aromatic heterocycles. The van der Waals surface area contributed by atoms with Crippen LogP contribution < -0.4 is 26.4 Å². The molecule has 0 radical (unpaired) electrons. The number of anilines is 2. The summed E-state index contributed by atoms with van der Waals surface area (Å²) in [6, 6.07) is 16.1. The number of nitrogens with zero attached hydrogens (tertiary/aromatic N) is 6. The minimum Gasteiger partial charge on any atom is -0.507 e. The van der Waals surface area contributed by atoms with E-state index in [1.807, 2.05) is 81.9 Å². The lowest BCUT2D eigenvalue weighted by molar-refractivity contribution is -0.144. The molecule has 10 rings (SSSR count). The molecule has 4 atom stereocenters. The van der Waals surface area contributed by atoms with Crippen molar-refractivity contribution < 1.29 is 24.6 Å². The maximum Gasteiger partial charge on any atom is 0.246 e. The van der Waals surface area contributed by atoms with Gasteiger partial charge >= 0.3 is 0 Å². The zero-order valence-corrected chi connectivity index (χ0v) is 42.2. The molecule has 17 heteroatoms. The van der Waals surface area contributed by atoms with E-state index in [4.69, 9.17) is 9.97 Å². The number of rotatable bonds is 11. The van der Waals surface area contributed by atoms with E-state index in [9.17, 15) is 24.6 Å². The third-order valence-electron chi connectivity index (χ3n) is 15.6. The fraction of sp³-hybridized carbons (Fsp3) is 0.481. The van der Waals surface area contributed by atoms with Crippen LogP contribution in [0.15, 0.2) is 66.3 Å². The average molecular weight is 982 g/mol. The summed E-state index contributed by atoms with van der Waals surface area (Å²) in [5.74, 6) is 1.22. The molecule has 3 amide bonds. The number of hydrogen-bond acceptors (Lipinski definition) is 13. The number of hydrogen-bond donors (Lipinski definition) is 7. The highest BCUT2D eigenvalue weighted by Crippen LogP contribution is 2.42. The van der Waals surface area contributed by atoms with Crippen molar-refractivity contribution >= 4 is 52.6 Å². The molecule has 1 saturated carbocycles. The zero-order chi connectivity index (χ0) is 49.6. The van der Waals surface area contributed by atoms with E-state index >= 15 is 0 Å². The van der Waals surface area contributed by atoms with Gasteiger partial charge in [0.2, 0.25) is 23.7 Å². The number of aliphatic hydroxyl groups is 1. The molecule has 2 saturated heterocycles. The molecule has 5 aromatic rings. The Kier molecular flexibility index (Phi) is 13.7. The molecule has 0 spiro atoms. The number of carbonyl (C=O) groups is 3. The number of para-hydroxylation sites is 1. The van der Waals surface area contributed by atoms with Crippen molar-refractivity contribution in [1.82, 2.24) is 45.8 Å². The van der Waals surface area contributed by atoms with Gasteiger partial charge in [-0.3, -0.25) is 25.2 Å². The first-order valence-electron chi connectivity index (χ1n) is 25.4. The molecule has 374 valence electrons. The number of aryl methyl sites for hydroxylation is 1. The molecular formula is C54H67N11O5S. The number of likely N-dealkylation sites (tertiary alicyclic amines) is 2. The van der Waals surface area contributed by atoms with Crippen molar-refractivity contribution in [3.63, 3.8) is 0 Å². The number of thiazole rings is 1. The highest BCUT2D eigenvalue weighted by molar-refractivity contribution is 7.13. The predicted octanol–water partition coefficient (Wildman–Crippen LogP) is 7.04. The molecule has 16 nitrogen and oxygen atoms in total. The van der Waals surface area contributed by atoms with E-state index in [1.165, 1.54) is 16.2 Å². The smallest absolute Gasteiger partial charge is 0.246 e. The number of phenols is 1. The maximum absolute atomic E-state index is 14.4. The predicted molar refractivity (Wildman–Crippen MR) is 276 cm³/mol. The largest absolute Gasteiger partial charge is 0.507 e. The van der Waals surface area contributed by atoms with Crippen molar-refractivity contribution in [2.24, 2.45) is 11.3 Å². The topological polar surface area (TPSA) is 204 Å². The second kappa shape index (κ2) is 20.1. The van der Waals surface area contributed by atoms with E-state index in [2.05, 4.69) is 60.3 Å². The summed E-state index contributed by atoms with van der Waals surface area (Å²) in [6.45, 7) is 13.0. The Labute approximate surface area is 419 Å². The van der Waals surface area contributed by atoms with E-state index in [1.54, 1.807) is 17.4 Å². The zero-order valence-electron chi connectivity index (χ0n) is 41.4. The number of hydrazine groups is 1. The van der Waals surface area contributed by atoms with Crippen LogP contribution in [0.1, 0.15) is 124 Å². The molecule has 7 heterocycles. The van der Waals surface area contributed by atoms with Crippen molar-refractivity contribution in [3.8, 4) is 16.2 Å². The molecule has 1 aliphatic carbocycles. The molecule has 0 unspecified atom stereocenters. The van der Waals surface area contributed by atoms with Crippen LogP contribution in [-0.4, -0.2) is 108 Å². The van der Waals surface area contributed by atoms with Crippen LogP contribution in [0.2, 0.25) is 0 Å². The highest BCUT2D eigenvalue weighted by Gasteiger charge is 2.45. The number of nitrogens with one attached hydrogen (secondary N) is 5.